The number of hydrogen-bond acceptors (Lipinski definition) is 4. The van der Waals surface area contributed by atoms with Crippen molar-refractivity contribution in [2.24, 2.45) is 0 Å². The second-order valence-electron chi connectivity index (χ2n) is 5.16. The van der Waals surface area contributed by atoms with Gasteiger partial charge in [0.05, 0.1) is 18.5 Å². The van der Waals surface area contributed by atoms with Gasteiger partial charge in [0.15, 0.2) is 5.82 Å². The first-order valence-electron chi connectivity index (χ1n) is 7.21. The number of nitrogens with zero attached hydrogens (tertiary/aromatic N) is 2. The smallest absolute Gasteiger partial charge is 0.274 e. The highest BCUT2D eigenvalue weighted by atomic mass is 19.1. The number of carbonyl (C=O) groups excluding carboxylic acids is 1. The highest BCUT2D eigenvalue weighted by Gasteiger charge is 2.15. The molecule has 0 saturated heterocycles. The number of ether oxygens (including phenoxy) is 1. The number of pyridine rings is 1. The Hall–Kier alpha value is -3.22. The number of aryl methyl sites for hydroxylation is 1. The molecule has 3 aromatic rings. The van der Waals surface area contributed by atoms with Crippen molar-refractivity contribution in [2.45, 2.75) is 6.92 Å². The molecule has 0 saturated carbocycles. The van der Waals surface area contributed by atoms with Gasteiger partial charge in [-0.05, 0) is 42.8 Å². The summed E-state index contributed by atoms with van der Waals surface area (Å²) in [5.41, 5.74) is 2.04. The molecule has 7 heteroatoms. The molecule has 0 bridgehead atoms. The largest absolute Gasteiger partial charge is 0.495 e. The molecule has 2 aromatic heterocycles. The zero-order valence-corrected chi connectivity index (χ0v) is 13.1. The van der Waals surface area contributed by atoms with Gasteiger partial charge in [-0.3, -0.25) is 9.89 Å². The zero-order chi connectivity index (χ0) is 17.1. The molecule has 0 radical (unpaired) electrons. The van der Waals surface area contributed by atoms with Crippen LogP contribution in [0.4, 0.5) is 10.1 Å². The van der Waals surface area contributed by atoms with Crippen molar-refractivity contribution in [1.82, 2.24) is 15.2 Å². The maximum absolute atomic E-state index is 13.9. The predicted molar refractivity (Wildman–Crippen MR) is 87.5 cm³/mol. The van der Waals surface area contributed by atoms with Crippen molar-refractivity contribution < 1.29 is 13.9 Å². The molecule has 0 aliphatic rings. The van der Waals surface area contributed by atoms with Crippen molar-refractivity contribution in [1.29, 1.82) is 0 Å². The summed E-state index contributed by atoms with van der Waals surface area (Å²) >= 11 is 0. The van der Waals surface area contributed by atoms with Crippen LogP contribution in [0.15, 0.2) is 42.6 Å². The van der Waals surface area contributed by atoms with Gasteiger partial charge in [0, 0.05) is 6.20 Å². The lowest BCUT2D eigenvalue weighted by Gasteiger charge is -2.11. The second kappa shape index (κ2) is 6.49. The lowest BCUT2D eigenvalue weighted by molar-refractivity contribution is 0.102. The number of nitrogens with one attached hydrogen (secondary N) is 2. The summed E-state index contributed by atoms with van der Waals surface area (Å²) in [6.07, 6.45) is 1.49. The summed E-state index contributed by atoms with van der Waals surface area (Å²) in [7, 11) is 1.52. The molecule has 2 heterocycles. The van der Waals surface area contributed by atoms with Gasteiger partial charge in [0.1, 0.15) is 17.1 Å². The Morgan fingerprint density at radius 3 is 2.79 bits per heavy atom. The Bertz CT molecular complexity index is 878. The molecule has 24 heavy (non-hydrogen) atoms. The van der Waals surface area contributed by atoms with Crippen molar-refractivity contribution in [3.8, 4) is 17.1 Å². The van der Waals surface area contributed by atoms with Gasteiger partial charge in [-0.25, -0.2) is 9.37 Å². The van der Waals surface area contributed by atoms with E-state index in [1.54, 1.807) is 12.1 Å². The molecule has 1 aromatic carbocycles. The number of benzene rings is 1. The fourth-order valence-electron chi connectivity index (χ4n) is 2.23. The van der Waals surface area contributed by atoms with E-state index in [4.69, 9.17) is 4.74 Å². The van der Waals surface area contributed by atoms with E-state index in [-0.39, 0.29) is 11.4 Å². The topological polar surface area (TPSA) is 79.9 Å². The minimum absolute atomic E-state index is 0.0380. The Labute approximate surface area is 137 Å². The minimum Gasteiger partial charge on any atom is -0.495 e. The summed E-state index contributed by atoms with van der Waals surface area (Å²) in [6.45, 7) is 1.92. The summed E-state index contributed by atoms with van der Waals surface area (Å²) in [4.78, 5) is 16.5. The number of carbonyl (C=O) groups is 1. The number of H-pyrrole nitrogens is 1. The molecule has 3 rings (SSSR count). The number of methoxy groups -OCH3 is 1. The number of halogens is 1. The van der Waals surface area contributed by atoms with Gasteiger partial charge >= 0.3 is 0 Å². The monoisotopic (exact) mass is 326 g/mol. The molecule has 0 spiro atoms. The van der Waals surface area contributed by atoms with Crippen LogP contribution in [0.1, 0.15) is 16.1 Å². The average molecular weight is 326 g/mol. The Balaban J connectivity index is 1.90. The number of anilines is 1. The first-order valence-corrected chi connectivity index (χ1v) is 7.21. The molecule has 2 N–H and O–H groups in total. The van der Waals surface area contributed by atoms with Gasteiger partial charge in [-0.2, -0.15) is 5.10 Å². The molecule has 0 atom stereocenters. The standard InChI is InChI=1S/C17H15FN4O2/c1-10-3-5-12(15(9-10)24-2)21-17(23)14-6-4-11(18)16(20-14)13-7-8-19-22-13/h3-9H,1-2H3,(H,19,22)(H,21,23). The van der Waals surface area contributed by atoms with Gasteiger partial charge in [-0.1, -0.05) is 6.07 Å². The minimum atomic E-state index is -0.538. The lowest BCUT2D eigenvalue weighted by Crippen LogP contribution is -2.15. The third kappa shape index (κ3) is 3.10. The summed E-state index contributed by atoms with van der Waals surface area (Å²) in [5, 5.41) is 9.12. The van der Waals surface area contributed by atoms with Crippen LogP contribution in [-0.4, -0.2) is 28.2 Å². The molecule has 1 amide bonds. The Morgan fingerprint density at radius 1 is 1.25 bits per heavy atom. The first kappa shape index (κ1) is 15.7. The van der Waals surface area contributed by atoms with E-state index in [2.05, 4.69) is 20.5 Å². The number of aromatic nitrogens is 3. The summed E-state index contributed by atoms with van der Waals surface area (Å²) in [6, 6.07) is 9.51. The fraction of sp³-hybridized carbons (Fsp3) is 0.118. The average Bonchev–Trinajstić information content (AvgIpc) is 3.11. The SMILES string of the molecule is COc1cc(C)ccc1NC(=O)c1ccc(F)c(-c2ccn[nH]2)n1. The van der Waals surface area contributed by atoms with E-state index < -0.39 is 11.7 Å². The Morgan fingerprint density at radius 2 is 2.08 bits per heavy atom. The highest BCUT2D eigenvalue weighted by molar-refractivity contribution is 6.04. The highest BCUT2D eigenvalue weighted by Crippen LogP contribution is 2.26. The zero-order valence-electron chi connectivity index (χ0n) is 13.1. The van der Waals surface area contributed by atoms with Crippen LogP contribution >= 0.6 is 0 Å². The lowest BCUT2D eigenvalue weighted by atomic mass is 10.2. The van der Waals surface area contributed by atoms with Crippen molar-refractivity contribution in [2.75, 3.05) is 12.4 Å². The third-order valence-electron chi connectivity index (χ3n) is 3.44. The van der Waals surface area contributed by atoms with Gasteiger partial charge < -0.3 is 10.1 Å². The summed E-state index contributed by atoms with van der Waals surface area (Å²) in [5.74, 6) is -0.458. The fourth-order valence-corrected chi connectivity index (χ4v) is 2.23. The quantitative estimate of drug-likeness (QED) is 0.772. The summed E-state index contributed by atoms with van der Waals surface area (Å²) < 4.78 is 19.2. The molecule has 0 fully saturated rings. The maximum atomic E-state index is 13.9. The van der Waals surface area contributed by atoms with Crippen LogP contribution < -0.4 is 10.1 Å². The van der Waals surface area contributed by atoms with Crippen LogP contribution in [0.25, 0.3) is 11.4 Å². The van der Waals surface area contributed by atoms with Crippen LogP contribution in [0, 0.1) is 12.7 Å². The maximum Gasteiger partial charge on any atom is 0.274 e. The molecular formula is C17H15FN4O2. The van der Waals surface area contributed by atoms with E-state index in [1.165, 1.54) is 25.4 Å². The van der Waals surface area contributed by atoms with Crippen molar-refractivity contribution >= 4 is 11.6 Å². The van der Waals surface area contributed by atoms with E-state index in [0.29, 0.717) is 17.1 Å². The van der Waals surface area contributed by atoms with Crippen LogP contribution in [0.2, 0.25) is 0 Å². The van der Waals surface area contributed by atoms with E-state index >= 15 is 0 Å². The van der Waals surface area contributed by atoms with Crippen LogP contribution in [0.5, 0.6) is 5.75 Å². The number of amides is 1. The van der Waals surface area contributed by atoms with E-state index in [1.807, 2.05) is 19.1 Å². The molecular weight excluding hydrogens is 311 g/mol. The second-order valence-corrected chi connectivity index (χ2v) is 5.16. The third-order valence-corrected chi connectivity index (χ3v) is 3.44. The van der Waals surface area contributed by atoms with E-state index in [9.17, 15) is 9.18 Å². The van der Waals surface area contributed by atoms with Crippen molar-refractivity contribution in [3.63, 3.8) is 0 Å². The normalized spacial score (nSPS) is 10.5. The molecule has 6 nitrogen and oxygen atoms in total. The predicted octanol–water partition coefficient (Wildman–Crippen LogP) is 3.18. The molecule has 0 unspecified atom stereocenters. The van der Waals surface area contributed by atoms with E-state index in [0.717, 1.165) is 5.56 Å². The molecule has 0 aliphatic carbocycles. The first-order chi connectivity index (χ1) is 11.6. The number of rotatable bonds is 4. The van der Waals surface area contributed by atoms with Crippen LogP contribution in [0.3, 0.4) is 0 Å². The Kier molecular flexibility index (Phi) is 4.24. The number of hydrogen-bond donors (Lipinski definition) is 2. The number of aromatic amines is 1. The molecule has 0 aliphatic heterocycles. The van der Waals surface area contributed by atoms with Gasteiger partial charge in [0.2, 0.25) is 0 Å². The van der Waals surface area contributed by atoms with Gasteiger partial charge in [0.25, 0.3) is 5.91 Å². The van der Waals surface area contributed by atoms with Crippen molar-refractivity contribution in [3.05, 3.63) is 59.7 Å². The molecule has 122 valence electrons. The van der Waals surface area contributed by atoms with Gasteiger partial charge in [-0.15, -0.1) is 0 Å². The van der Waals surface area contributed by atoms with Crippen LogP contribution in [-0.2, 0) is 0 Å².